The zero-order valence-corrected chi connectivity index (χ0v) is 16.6. The molecule has 1 saturated heterocycles. The Kier molecular flexibility index (Phi) is 5.59. The van der Waals surface area contributed by atoms with E-state index in [9.17, 15) is 9.59 Å². The van der Waals surface area contributed by atoms with Crippen LogP contribution in [-0.4, -0.2) is 51.1 Å². The van der Waals surface area contributed by atoms with Gasteiger partial charge in [-0.3, -0.25) is 9.59 Å². The second kappa shape index (κ2) is 8.29. The Morgan fingerprint density at radius 3 is 2.82 bits per heavy atom. The van der Waals surface area contributed by atoms with Gasteiger partial charge in [0.05, 0.1) is 12.2 Å². The third-order valence-corrected chi connectivity index (χ3v) is 6.07. The van der Waals surface area contributed by atoms with E-state index in [0.717, 1.165) is 49.1 Å². The fraction of sp³-hybridized carbons (Fsp3) is 0.619. The van der Waals surface area contributed by atoms with Gasteiger partial charge in [0, 0.05) is 50.0 Å². The maximum atomic E-state index is 12.9. The molecule has 2 fully saturated rings. The molecule has 1 saturated carbocycles. The summed E-state index contributed by atoms with van der Waals surface area (Å²) >= 11 is 0. The molecule has 1 atom stereocenters. The molecule has 4 rings (SSSR count). The second-order valence-electron chi connectivity index (χ2n) is 8.07. The number of rotatable bonds is 5. The van der Waals surface area contributed by atoms with E-state index in [2.05, 4.69) is 21.3 Å². The van der Waals surface area contributed by atoms with E-state index in [1.807, 2.05) is 10.7 Å². The van der Waals surface area contributed by atoms with Gasteiger partial charge < -0.3 is 10.2 Å². The van der Waals surface area contributed by atoms with Crippen molar-refractivity contribution in [2.45, 2.75) is 57.9 Å². The fourth-order valence-electron chi connectivity index (χ4n) is 4.62. The summed E-state index contributed by atoms with van der Waals surface area (Å²) < 4.78 is 1.88. The van der Waals surface area contributed by atoms with E-state index in [0.29, 0.717) is 19.0 Å². The Morgan fingerprint density at radius 1 is 1.21 bits per heavy atom. The van der Waals surface area contributed by atoms with Crippen molar-refractivity contribution in [2.75, 3.05) is 19.6 Å². The van der Waals surface area contributed by atoms with Crippen molar-refractivity contribution >= 4 is 22.8 Å². The molecule has 2 aromatic rings. The van der Waals surface area contributed by atoms with Crippen LogP contribution in [0.5, 0.6) is 0 Å². The van der Waals surface area contributed by atoms with E-state index >= 15 is 0 Å². The third-order valence-electron chi connectivity index (χ3n) is 6.07. The average Bonchev–Trinajstić information content (AvgIpc) is 3.33. The van der Waals surface area contributed by atoms with Crippen molar-refractivity contribution in [1.29, 1.82) is 0 Å². The number of likely N-dealkylation sites (tertiary alicyclic amines) is 1. The van der Waals surface area contributed by atoms with Crippen LogP contribution in [-0.2, 0) is 16.1 Å². The van der Waals surface area contributed by atoms with Crippen LogP contribution in [0.4, 0.5) is 0 Å². The van der Waals surface area contributed by atoms with Crippen molar-refractivity contribution in [3.05, 3.63) is 24.0 Å². The molecule has 0 aromatic carbocycles. The molecule has 0 unspecified atom stereocenters. The predicted molar refractivity (Wildman–Crippen MR) is 107 cm³/mol. The van der Waals surface area contributed by atoms with Gasteiger partial charge in [-0.1, -0.05) is 19.3 Å². The molecule has 3 heterocycles. The van der Waals surface area contributed by atoms with E-state index < -0.39 is 0 Å². The predicted octanol–water partition coefficient (Wildman–Crippen LogP) is 2.46. The minimum atomic E-state index is -0.0442. The number of nitrogens with one attached hydrogen (secondary N) is 1. The van der Waals surface area contributed by atoms with Crippen molar-refractivity contribution in [2.24, 2.45) is 5.92 Å². The van der Waals surface area contributed by atoms with E-state index in [-0.39, 0.29) is 17.7 Å². The van der Waals surface area contributed by atoms with Crippen LogP contribution in [0.3, 0.4) is 0 Å². The molecule has 7 nitrogen and oxygen atoms in total. The number of pyridine rings is 1. The molecule has 2 aliphatic rings. The first kappa shape index (κ1) is 18.9. The summed E-state index contributed by atoms with van der Waals surface area (Å²) in [7, 11) is 0. The molecular formula is C21H29N5O2. The minimum Gasteiger partial charge on any atom is -0.354 e. The second-order valence-corrected chi connectivity index (χ2v) is 8.07. The van der Waals surface area contributed by atoms with Crippen molar-refractivity contribution < 1.29 is 9.59 Å². The van der Waals surface area contributed by atoms with Crippen LogP contribution in [0.15, 0.2) is 18.3 Å². The lowest BCUT2D eigenvalue weighted by Gasteiger charge is -2.26. The quantitative estimate of drug-likeness (QED) is 0.860. The monoisotopic (exact) mass is 383 g/mol. The zero-order chi connectivity index (χ0) is 19.5. The highest BCUT2D eigenvalue weighted by Crippen LogP contribution is 2.33. The van der Waals surface area contributed by atoms with E-state index in [4.69, 9.17) is 5.10 Å². The molecule has 1 aliphatic heterocycles. The van der Waals surface area contributed by atoms with Gasteiger partial charge in [0.1, 0.15) is 0 Å². The number of hydrogen-bond donors (Lipinski definition) is 1. The number of amides is 2. The molecule has 1 N–H and O–H groups in total. The number of nitrogens with zero attached hydrogens (tertiary/aromatic N) is 4. The van der Waals surface area contributed by atoms with Gasteiger partial charge in [0.2, 0.25) is 11.8 Å². The maximum absolute atomic E-state index is 12.9. The van der Waals surface area contributed by atoms with Crippen LogP contribution in [0.25, 0.3) is 11.0 Å². The van der Waals surface area contributed by atoms with Gasteiger partial charge in [-0.25, -0.2) is 9.67 Å². The number of carbonyl (C=O) groups is 2. The summed E-state index contributed by atoms with van der Waals surface area (Å²) in [4.78, 5) is 30.6. The van der Waals surface area contributed by atoms with Crippen LogP contribution < -0.4 is 5.32 Å². The molecule has 0 radical (unpaired) electrons. The maximum Gasteiger partial charge on any atom is 0.225 e. The standard InChI is InChI=1S/C21H29N5O2/c1-15(27)22-11-13-26-20-18(8-5-10-23-20)19(24-26)17-9-12-25(14-17)21(28)16-6-3-2-4-7-16/h5,8,10,16-17H,2-4,6-7,9,11-14H2,1H3,(H,22,27)/t17-/m0/s1. The molecule has 0 bridgehead atoms. The summed E-state index contributed by atoms with van der Waals surface area (Å²) in [5.41, 5.74) is 1.88. The van der Waals surface area contributed by atoms with Gasteiger partial charge in [0.25, 0.3) is 0 Å². The lowest BCUT2D eigenvalue weighted by Crippen LogP contribution is -2.35. The number of carbonyl (C=O) groups excluding carboxylic acids is 2. The molecule has 28 heavy (non-hydrogen) atoms. The Hall–Kier alpha value is -2.44. The lowest BCUT2D eigenvalue weighted by atomic mass is 9.88. The smallest absolute Gasteiger partial charge is 0.225 e. The first-order valence-corrected chi connectivity index (χ1v) is 10.5. The molecule has 2 aromatic heterocycles. The summed E-state index contributed by atoms with van der Waals surface area (Å²) in [6.07, 6.45) is 8.45. The normalized spacial score (nSPS) is 20.6. The Balaban J connectivity index is 1.49. The van der Waals surface area contributed by atoms with E-state index in [1.54, 1.807) is 6.20 Å². The van der Waals surface area contributed by atoms with Gasteiger partial charge >= 0.3 is 0 Å². The number of aromatic nitrogens is 3. The van der Waals surface area contributed by atoms with Gasteiger partial charge in [-0.05, 0) is 31.4 Å². The Bertz CT molecular complexity index is 856. The lowest BCUT2D eigenvalue weighted by molar-refractivity contribution is -0.135. The molecule has 0 spiro atoms. The topological polar surface area (TPSA) is 80.1 Å². The fourth-order valence-corrected chi connectivity index (χ4v) is 4.62. The number of hydrogen-bond acceptors (Lipinski definition) is 4. The average molecular weight is 383 g/mol. The van der Waals surface area contributed by atoms with E-state index in [1.165, 1.54) is 26.2 Å². The minimum absolute atomic E-state index is 0.0442. The van der Waals surface area contributed by atoms with Crippen molar-refractivity contribution in [1.82, 2.24) is 25.0 Å². The summed E-state index contributed by atoms with van der Waals surface area (Å²) in [6, 6.07) is 4.00. The SMILES string of the molecule is CC(=O)NCCn1nc([C@H]2CCN(C(=O)C3CCCCC3)C2)c2cccnc21. The Labute approximate surface area is 165 Å². The van der Waals surface area contributed by atoms with Crippen LogP contribution in [0.2, 0.25) is 0 Å². The van der Waals surface area contributed by atoms with Gasteiger partial charge in [-0.2, -0.15) is 5.10 Å². The Morgan fingerprint density at radius 2 is 2.04 bits per heavy atom. The highest BCUT2D eigenvalue weighted by molar-refractivity contribution is 5.81. The molecule has 2 amide bonds. The highest BCUT2D eigenvalue weighted by atomic mass is 16.2. The largest absolute Gasteiger partial charge is 0.354 e. The summed E-state index contributed by atoms with van der Waals surface area (Å²) in [6.45, 7) is 4.20. The first-order chi connectivity index (χ1) is 13.6. The first-order valence-electron chi connectivity index (χ1n) is 10.5. The van der Waals surface area contributed by atoms with Gasteiger partial charge in [0.15, 0.2) is 5.65 Å². The number of fused-ring (bicyclic) bond motifs is 1. The summed E-state index contributed by atoms with van der Waals surface area (Å²) in [5, 5.41) is 8.71. The molecular weight excluding hydrogens is 354 g/mol. The molecule has 7 heteroatoms. The van der Waals surface area contributed by atoms with Crippen LogP contribution >= 0.6 is 0 Å². The van der Waals surface area contributed by atoms with Crippen molar-refractivity contribution in [3.8, 4) is 0 Å². The molecule has 150 valence electrons. The third kappa shape index (κ3) is 3.88. The summed E-state index contributed by atoms with van der Waals surface area (Å²) in [5.74, 6) is 0.773. The van der Waals surface area contributed by atoms with Crippen LogP contribution in [0.1, 0.15) is 57.1 Å². The van der Waals surface area contributed by atoms with Crippen molar-refractivity contribution in [3.63, 3.8) is 0 Å². The van der Waals surface area contributed by atoms with Crippen LogP contribution in [0, 0.1) is 5.92 Å². The van der Waals surface area contributed by atoms with Gasteiger partial charge in [-0.15, -0.1) is 0 Å². The molecule has 1 aliphatic carbocycles. The zero-order valence-electron chi connectivity index (χ0n) is 16.6. The highest BCUT2D eigenvalue weighted by Gasteiger charge is 2.34.